The quantitative estimate of drug-likeness (QED) is 0.746. The average Bonchev–Trinajstić information content (AvgIpc) is 3.22. The molecule has 2 N–H and O–H groups in total. The molecule has 140 valence electrons. The SMILES string of the molecule is C1COCCN1.O=C(Nc1ccccc1)c1ccn(-c2ccc(F)cc2)n1. The highest BCUT2D eigenvalue weighted by atomic mass is 19.1. The fraction of sp³-hybridized carbons (Fsp3) is 0.200. The number of benzene rings is 2. The lowest BCUT2D eigenvalue weighted by Gasteiger charge is -2.10. The highest BCUT2D eigenvalue weighted by Gasteiger charge is 2.10. The number of ether oxygens (including phenoxy) is 1. The van der Waals surface area contributed by atoms with Crippen LogP contribution in [0.2, 0.25) is 0 Å². The third kappa shape index (κ3) is 5.73. The van der Waals surface area contributed by atoms with Crippen LogP contribution in [0, 0.1) is 5.82 Å². The third-order valence-electron chi connectivity index (χ3n) is 3.79. The van der Waals surface area contributed by atoms with E-state index in [1.54, 1.807) is 36.5 Å². The standard InChI is InChI=1S/C16H12FN3O.C4H9NO/c17-12-6-8-14(9-7-12)20-11-10-15(19-20)16(21)18-13-4-2-1-3-5-13;1-3-6-4-2-5-1/h1-11H,(H,18,21);5H,1-4H2. The molecule has 1 fully saturated rings. The fourth-order valence-electron chi connectivity index (χ4n) is 2.42. The zero-order valence-corrected chi connectivity index (χ0v) is 14.8. The molecule has 1 aliphatic heterocycles. The third-order valence-corrected chi connectivity index (χ3v) is 3.79. The first kappa shape index (κ1) is 18.8. The lowest BCUT2D eigenvalue weighted by molar-refractivity contribution is 0.102. The van der Waals surface area contributed by atoms with Crippen molar-refractivity contribution >= 4 is 11.6 Å². The van der Waals surface area contributed by atoms with Crippen LogP contribution < -0.4 is 10.6 Å². The first-order valence-electron chi connectivity index (χ1n) is 8.69. The first-order valence-corrected chi connectivity index (χ1v) is 8.69. The summed E-state index contributed by atoms with van der Waals surface area (Å²) < 4.78 is 19.4. The summed E-state index contributed by atoms with van der Waals surface area (Å²) in [5.41, 5.74) is 1.69. The van der Waals surface area contributed by atoms with E-state index < -0.39 is 0 Å². The van der Waals surface area contributed by atoms with Gasteiger partial charge in [0.25, 0.3) is 5.91 Å². The van der Waals surface area contributed by atoms with Crippen molar-refractivity contribution in [1.82, 2.24) is 15.1 Å². The molecule has 6 nitrogen and oxygen atoms in total. The maximum absolute atomic E-state index is 12.9. The van der Waals surface area contributed by atoms with Gasteiger partial charge in [-0.05, 0) is 42.5 Å². The van der Waals surface area contributed by atoms with Gasteiger partial charge < -0.3 is 15.4 Å². The van der Waals surface area contributed by atoms with Gasteiger partial charge in [-0.1, -0.05) is 18.2 Å². The van der Waals surface area contributed by atoms with Crippen molar-refractivity contribution < 1.29 is 13.9 Å². The Morgan fingerprint density at radius 2 is 1.74 bits per heavy atom. The Labute approximate surface area is 157 Å². The van der Waals surface area contributed by atoms with Crippen LogP contribution >= 0.6 is 0 Å². The highest BCUT2D eigenvalue weighted by molar-refractivity contribution is 6.02. The summed E-state index contributed by atoms with van der Waals surface area (Å²) >= 11 is 0. The summed E-state index contributed by atoms with van der Waals surface area (Å²) in [6.07, 6.45) is 1.66. The van der Waals surface area contributed by atoms with Gasteiger partial charge in [-0.3, -0.25) is 4.79 Å². The molecule has 27 heavy (non-hydrogen) atoms. The van der Waals surface area contributed by atoms with Crippen molar-refractivity contribution in [3.63, 3.8) is 0 Å². The number of morpholine rings is 1. The van der Waals surface area contributed by atoms with Gasteiger partial charge in [-0.15, -0.1) is 0 Å². The Bertz CT molecular complexity index is 834. The summed E-state index contributed by atoms with van der Waals surface area (Å²) in [6, 6.07) is 16.7. The monoisotopic (exact) mass is 368 g/mol. The number of anilines is 1. The van der Waals surface area contributed by atoms with Crippen LogP contribution in [-0.2, 0) is 4.74 Å². The molecule has 0 radical (unpaired) electrons. The lowest BCUT2D eigenvalue weighted by atomic mass is 10.3. The number of rotatable bonds is 3. The predicted octanol–water partition coefficient (Wildman–Crippen LogP) is 2.87. The Morgan fingerprint density at radius 1 is 1.04 bits per heavy atom. The van der Waals surface area contributed by atoms with Crippen LogP contribution in [0.4, 0.5) is 10.1 Å². The van der Waals surface area contributed by atoms with E-state index in [0.29, 0.717) is 17.1 Å². The average molecular weight is 368 g/mol. The number of hydrogen-bond donors (Lipinski definition) is 2. The number of para-hydroxylation sites is 1. The van der Waals surface area contributed by atoms with Gasteiger partial charge in [0.1, 0.15) is 5.82 Å². The Kier molecular flexibility index (Phi) is 6.67. The van der Waals surface area contributed by atoms with Crippen molar-refractivity contribution in [3.05, 3.63) is 78.4 Å². The number of nitrogens with zero attached hydrogens (tertiary/aromatic N) is 2. The lowest BCUT2D eigenvalue weighted by Crippen LogP contribution is -2.30. The highest BCUT2D eigenvalue weighted by Crippen LogP contribution is 2.11. The van der Waals surface area contributed by atoms with E-state index in [9.17, 15) is 9.18 Å². The number of halogens is 1. The minimum atomic E-state index is -0.312. The molecule has 1 aromatic heterocycles. The van der Waals surface area contributed by atoms with Crippen LogP contribution in [0.15, 0.2) is 66.9 Å². The van der Waals surface area contributed by atoms with Crippen LogP contribution in [0.25, 0.3) is 5.69 Å². The minimum Gasteiger partial charge on any atom is -0.379 e. The van der Waals surface area contributed by atoms with Crippen LogP contribution in [0.1, 0.15) is 10.5 Å². The van der Waals surface area contributed by atoms with Crippen molar-refractivity contribution in [3.8, 4) is 5.69 Å². The second-order valence-electron chi connectivity index (χ2n) is 5.80. The number of aromatic nitrogens is 2. The van der Waals surface area contributed by atoms with Gasteiger partial charge in [-0.25, -0.2) is 9.07 Å². The van der Waals surface area contributed by atoms with Gasteiger partial charge in [0, 0.05) is 25.0 Å². The van der Waals surface area contributed by atoms with Gasteiger partial charge >= 0.3 is 0 Å². The second kappa shape index (κ2) is 9.61. The summed E-state index contributed by atoms with van der Waals surface area (Å²) in [5.74, 6) is -0.602. The molecular formula is C20H21FN4O2. The normalized spacial score (nSPS) is 13.4. The topological polar surface area (TPSA) is 68.2 Å². The number of amides is 1. The van der Waals surface area contributed by atoms with Crippen LogP contribution in [0.3, 0.4) is 0 Å². The summed E-state index contributed by atoms with van der Waals surface area (Å²) in [5, 5.41) is 10.1. The van der Waals surface area contributed by atoms with E-state index in [0.717, 1.165) is 26.3 Å². The number of hydrogen-bond acceptors (Lipinski definition) is 4. The minimum absolute atomic E-state index is 0.290. The Morgan fingerprint density at radius 3 is 2.33 bits per heavy atom. The molecule has 0 saturated carbocycles. The van der Waals surface area contributed by atoms with Crippen molar-refractivity contribution in [1.29, 1.82) is 0 Å². The van der Waals surface area contributed by atoms with Gasteiger partial charge in [-0.2, -0.15) is 5.10 Å². The van der Waals surface area contributed by atoms with Gasteiger partial charge in [0.2, 0.25) is 0 Å². The largest absolute Gasteiger partial charge is 0.379 e. The number of carbonyl (C=O) groups excluding carboxylic acids is 1. The molecule has 1 aliphatic rings. The maximum Gasteiger partial charge on any atom is 0.276 e. The van der Waals surface area contributed by atoms with E-state index >= 15 is 0 Å². The molecule has 0 bridgehead atoms. The number of nitrogens with one attached hydrogen (secondary N) is 2. The van der Waals surface area contributed by atoms with Crippen LogP contribution in [0.5, 0.6) is 0 Å². The molecular weight excluding hydrogens is 347 g/mol. The van der Waals surface area contributed by atoms with E-state index in [4.69, 9.17) is 4.74 Å². The van der Waals surface area contributed by atoms with E-state index in [1.807, 2.05) is 18.2 Å². The van der Waals surface area contributed by atoms with E-state index in [2.05, 4.69) is 15.7 Å². The Hall–Kier alpha value is -3.03. The predicted molar refractivity (Wildman–Crippen MR) is 102 cm³/mol. The van der Waals surface area contributed by atoms with Crippen molar-refractivity contribution in [2.45, 2.75) is 0 Å². The van der Waals surface area contributed by atoms with Crippen LogP contribution in [-0.4, -0.2) is 42.0 Å². The molecule has 7 heteroatoms. The molecule has 0 atom stereocenters. The van der Waals surface area contributed by atoms with Gasteiger partial charge in [0.05, 0.1) is 18.9 Å². The molecule has 1 amide bonds. The van der Waals surface area contributed by atoms with Crippen molar-refractivity contribution in [2.24, 2.45) is 0 Å². The molecule has 2 heterocycles. The number of carbonyl (C=O) groups is 1. The zero-order chi connectivity index (χ0) is 18.9. The molecule has 1 saturated heterocycles. The Balaban J connectivity index is 0.000000299. The molecule has 0 spiro atoms. The van der Waals surface area contributed by atoms with Crippen molar-refractivity contribution in [2.75, 3.05) is 31.6 Å². The zero-order valence-electron chi connectivity index (χ0n) is 14.8. The smallest absolute Gasteiger partial charge is 0.276 e. The van der Waals surface area contributed by atoms with Gasteiger partial charge in [0.15, 0.2) is 5.69 Å². The maximum atomic E-state index is 12.9. The second-order valence-corrected chi connectivity index (χ2v) is 5.80. The molecule has 0 unspecified atom stereocenters. The molecule has 2 aromatic carbocycles. The van der Waals surface area contributed by atoms with E-state index in [-0.39, 0.29) is 11.7 Å². The van der Waals surface area contributed by atoms with E-state index in [1.165, 1.54) is 16.8 Å². The molecule has 0 aliphatic carbocycles. The summed E-state index contributed by atoms with van der Waals surface area (Å²) in [7, 11) is 0. The molecule has 3 aromatic rings. The molecule has 4 rings (SSSR count). The summed E-state index contributed by atoms with van der Waals surface area (Å²) in [6.45, 7) is 3.83. The first-order chi connectivity index (χ1) is 13.2. The summed E-state index contributed by atoms with van der Waals surface area (Å²) in [4.78, 5) is 12.1. The fourth-order valence-corrected chi connectivity index (χ4v) is 2.42.